The summed E-state index contributed by atoms with van der Waals surface area (Å²) in [7, 11) is 0. The Morgan fingerprint density at radius 3 is 2.63 bits per heavy atom. The quantitative estimate of drug-likeness (QED) is 0.600. The largest absolute Gasteiger partial charge is 0.474 e. The van der Waals surface area contributed by atoms with E-state index >= 15 is 0 Å². The molecule has 3 heterocycles. The number of nitrogens with zero attached hydrogens (tertiary/aromatic N) is 4. The van der Waals surface area contributed by atoms with Gasteiger partial charge in [-0.3, -0.25) is 4.68 Å². The van der Waals surface area contributed by atoms with Crippen LogP contribution in [0.15, 0.2) is 12.3 Å². The minimum atomic E-state index is -4.90. The first-order chi connectivity index (χ1) is 12.5. The van der Waals surface area contributed by atoms with Gasteiger partial charge in [-0.25, -0.2) is 4.98 Å². The van der Waals surface area contributed by atoms with Gasteiger partial charge in [0.1, 0.15) is 6.61 Å². The first-order valence-corrected chi connectivity index (χ1v) is 8.00. The van der Waals surface area contributed by atoms with Crippen molar-refractivity contribution < 1.29 is 36.5 Å². The van der Waals surface area contributed by atoms with Gasteiger partial charge in [0.05, 0.1) is 36.8 Å². The van der Waals surface area contributed by atoms with Gasteiger partial charge in [-0.15, -0.1) is 5.10 Å². The van der Waals surface area contributed by atoms with Crippen LogP contribution < -0.4 is 4.74 Å². The number of hydrogen-bond donors (Lipinski definition) is 1. The molecule has 2 atom stereocenters. The Hall–Kier alpha value is -2.21. The smallest absolute Gasteiger partial charge is 0.424 e. The lowest BCUT2D eigenvalue weighted by atomic mass is 10.0. The molecule has 0 saturated carbocycles. The zero-order chi connectivity index (χ0) is 20.0. The van der Waals surface area contributed by atoms with Crippen molar-refractivity contribution in [2.45, 2.75) is 44.8 Å². The van der Waals surface area contributed by atoms with Crippen molar-refractivity contribution in [3.05, 3.63) is 18.1 Å². The highest BCUT2D eigenvalue weighted by Crippen LogP contribution is 2.42. The number of aromatic nitrogens is 4. The molecular weight excluding hydrogens is 379 g/mol. The Morgan fingerprint density at radius 1 is 1.30 bits per heavy atom. The summed E-state index contributed by atoms with van der Waals surface area (Å²) in [5.41, 5.74) is -2.35. The minimum absolute atomic E-state index is 0.119. The second kappa shape index (κ2) is 6.75. The van der Waals surface area contributed by atoms with Crippen molar-refractivity contribution in [2.24, 2.45) is 0 Å². The van der Waals surface area contributed by atoms with Crippen LogP contribution in [0.25, 0.3) is 11.4 Å². The summed E-state index contributed by atoms with van der Waals surface area (Å²) in [6.07, 6.45) is -3.67. The molecule has 0 saturated heterocycles. The average molecular weight is 396 g/mol. The van der Waals surface area contributed by atoms with E-state index in [0.29, 0.717) is 18.3 Å². The summed E-state index contributed by atoms with van der Waals surface area (Å²) in [6.45, 7) is -0.868. The molecule has 0 unspecified atom stereocenters. The third kappa shape index (κ3) is 3.50. The zero-order valence-corrected chi connectivity index (χ0v) is 14.4. The predicted molar refractivity (Wildman–Crippen MR) is 81.2 cm³/mol. The van der Waals surface area contributed by atoms with Crippen LogP contribution in [0.4, 0.5) is 22.0 Å². The highest BCUT2D eigenvalue weighted by molar-refractivity contribution is 5.58. The van der Waals surface area contributed by atoms with Crippen LogP contribution in [0.1, 0.15) is 25.7 Å². The normalized spacial score (nSPS) is 18.9. The van der Waals surface area contributed by atoms with E-state index in [0.717, 1.165) is 0 Å². The number of imidazole rings is 1. The number of alkyl halides is 5. The molecule has 12 heteroatoms. The van der Waals surface area contributed by atoms with E-state index < -0.39 is 30.3 Å². The van der Waals surface area contributed by atoms with Gasteiger partial charge in [0.25, 0.3) is 0 Å². The fraction of sp³-hybridized carbons (Fsp3) is 0.600. The van der Waals surface area contributed by atoms with E-state index in [9.17, 15) is 27.1 Å². The zero-order valence-electron chi connectivity index (χ0n) is 14.4. The van der Waals surface area contributed by atoms with Crippen LogP contribution in [0.2, 0.25) is 0 Å². The lowest BCUT2D eigenvalue weighted by molar-refractivity contribution is -0.262. The fourth-order valence-electron chi connectivity index (χ4n) is 2.91. The molecule has 0 aliphatic carbocycles. The van der Waals surface area contributed by atoms with Crippen molar-refractivity contribution in [2.75, 3.05) is 13.2 Å². The Kier molecular flexibility index (Phi) is 4.89. The second-order valence-electron chi connectivity index (χ2n) is 6.29. The Labute approximate surface area is 150 Å². The number of rotatable bonds is 6. The second-order valence-corrected chi connectivity index (χ2v) is 6.29. The molecule has 0 amide bonds. The summed E-state index contributed by atoms with van der Waals surface area (Å²) in [5, 5.41) is 14.2. The van der Waals surface area contributed by atoms with Crippen molar-refractivity contribution in [1.82, 2.24) is 19.3 Å². The van der Waals surface area contributed by atoms with Gasteiger partial charge in [-0.05, 0) is 13.8 Å². The Balaban J connectivity index is 1.88. The molecule has 27 heavy (non-hydrogen) atoms. The first kappa shape index (κ1) is 19.5. The number of aliphatic hydroxyl groups is 1. The van der Waals surface area contributed by atoms with Gasteiger partial charge in [0.2, 0.25) is 11.5 Å². The van der Waals surface area contributed by atoms with Gasteiger partial charge < -0.3 is 19.1 Å². The minimum Gasteiger partial charge on any atom is -0.474 e. The molecule has 1 N–H and O–H groups in total. The van der Waals surface area contributed by atoms with E-state index in [1.54, 1.807) is 6.92 Å². The highest BCUT2D eigenvalue weighted by atomic mass is 19.4. The van der Waals surface area contributed by atoms with Gasteiger partial charge >= 0.3 is 12.8 Å². The van der Waals surface area contributed by atoms with Gasteiger partial charge in [-0.1, -0.05) is 0 Å². The van der Waals surface area contributed by atoms with Crippen LogP contribution in [0, 0.1) is 0 Å². The number of fused-ring (bicyclic) bond motifs is 3. The summed E-state index contributed by atoms with van der Waals surface area (Å²) < 4.78 is 75.7. The molecule has 2 aromatic heterocycles. The van der Waals surface area contributed by atoms with E-state index in [1.165, 1.54) is 21.5 Å². The maximum Gasteiger partial charge on any atom is 0.424 e. The summed E-state index contributed by atoms with van der Waals surface area (Å²) in [6, 6.07) is 1.00. The van der Waals surface area contributed by atoms with Crippen LogP contribution in [-0.4, -0.2) is 50.4 Å². The van der Waals surface area contributed by atoms with Crippen molar-refractivity contribution in [1.29, 1.82) is 0 Å². The van der Waals surface area contributed by atoms with Gasteiger partial charge in [0.15, 0.2) is 5.82 Å². The predicted octanol–water partition coefficient (Wildman–Crippen LogP) is 2.71. The fourth-order valence-corrected chi connectivity index (χ4v) is 2.91. The number of halogens is 5. The Bertz CT molecular complexity index is 815. The molecule has 1 aliphatic rings. The Morgan fingerprint density at radius 2 is 2.00 bits per heavy atom. The third-order valence-electron chi connectivity index (χ3n) is 4.26. The molecule has 3 rings (SSSR count). The van der Waals surface area contributed by atoms with Crippen molar-refractivity contribution in [3.63, 3.8) is 0 Å². The molecule has 0 bridgehead atoms. The molecule has 150 valence electrons. The van der Waals surface area contributed by atoms with Crippen LogP contribution in [-0.2, 0) is 16.9 Å². The van der Waals surface area contributed by atoms with Gasteiger partial charge in [0, 0.05) is 6.07 Å². The van der Waals surface area contributed by atoms with E-state index in [1.807, 2.05) is 0 Å². The van der Waals surface area contributed by atoms with Crippen LogP contribution in [0.3, 0.4) is 0 Å². The standard InChI is InChI=1S/C15H17F5N4O3/c1-8-7-23-9(5-11(22-23)26-3-4-27-13(16)17)10-6-21-12(24(8)10)14(2,25)15(18,19)20/h5-6,8,13,25H,3-4,7H2,1-2H3/t8-,14+/m0/s1. The summed E-state index contributed by atoms with van der Waals surface area (Å²) >= 11 is 0. The monoisotopic (exact) mass is 396 g/mol. The van der Waals surface area contributed by atoms with Crippen LogP contribution >= 0.6 is 0 Å². The molecule has 7 nitrogen and oxygen atoms in total. The molecule has 0 spiro atoms. The molecule has 0 radical (unpaired) electrons. The van der Waals surface area contributed by atoms with E-state index in [2.05, 4.69) is 14.8 Å². The first-order valence-electron chi connectivity index (χ1n) is 8.00. The number of hydrogen-bond acceptors (Lipinski definition) is 5. The average Bonchev–Trinajstić information content (AvgIpc) is 3.14. The van der Waals surface area contributed by atoms with Gasteiger partial charge in [-0.2, -0.15) is 22.0 Å². The summed E-state index contributed by atoms with van der Waals surface area (Å²) in [4.78, 5) is 3.80. The molecule has 2 aromatic rings. The van der Waals surface area contributed by atoms with Crippen molar-refractivity contribution in [3.8, 4) is 17.3 Å². The lowest BCUT2D eigenvalue weighted by Gasteiger charge is -2.31. The SMILES string of the molecule is C[C@H]1Cn2nc(OCCOC(F)F)cc2-c2cnc([C@@](C)(O)C(F)(F)F)n21. The lowest BCUT2D eigenvalue weighted by Crippen LogP contribution is -2.42. The maximum absolute atomic E-state index is 13.2. The summed E-state index contributed by atoms with van der Waals surface area (Å²) in [5.74, 6) is -0.397. The van der Waals surface area contributed by atoms with E-state index in [4.69, 9.17) is 4.74 Å². The maximum atomic E-state index is 13.2. The molecule has 0 fully saturated rings. The number of ether oxygens (including phenoxy) is 2. The van der Waals surface area contributed by atoms with E-state index in [-0.39, 0.29) is 25.6 Å². The molecule has 0 aromatic carbocycles. The van der Waals surface area contributed by atoms with Crippen LogP contribution in [0.5, 0.6) is 5.88 Å². The molecule has 1 aliphatic heterocycles. The topological polar surface area (TPSA) is 74.3 Å². The molecular formula is C15H17F5N4O3. The van der Waals surface area contributed by atoms with Crippen molar-refractivity contribution >= 4 is 0 Å². The highest BCUT2D eigenvalue weighted by Gasteiger charge is 2.55. The third-order valence-corrected chi connectivity index (χ3v) is 4.26.